The Hall–Kier alpha value is -4.63. The van der Waals surface area contributed by atoms with Gasteiger partial charge in [-0.05, 0) is 64.9 Å². The van der Waals surface area contributed by atoms with Crippen LogP contribution in [0.2, 0.25) is 0 Å². The van der Waals surface area contributed by atoms with Gasteiger partial charge in [-0.15, -0.1) is 0 Å². The first kappa shape index (κ1) is 27.0. The maximum atomic E-state index is 14.2. The van der Waals surface area contributed by atoms with E-state index in [9.17, 15) is 19.5 Å². The number of fused-ring (bicyclic) bond motifs is 10. The lowest BCUT2D eigenvalue weighted by atomic mass is 9.92. The summed E-state index contributed by atoms with van der Waals surface area (Å²) < 4.78 is 5.49. The zero-order chi connectivity index (χ0) is 28.2. The number of ether oxygens (including phenoxy) is 1. The zero-order valence-corrected chi connectivity index (χ0v) is 22.4. The van der Waals surface area contributed by atoms with Gasteiger partial charge in [0.1, 0.15) is 6.04 Å². The second-order valence-corrected chi connectivity index (χ2v) is 10.1. The van der Waals surface area contributed by atoms with Gasteiger partial charge in [0.15, 0.2) is 0 Å². The number of aliphatic hydroxyl groups is 1. The van der Waals surface area contributed by atoms with Crippen LogP contribution in [0.15, 0.2) is 77.7 Å². The van der Waals surface area contributed by atoms with Crippen LogP contribution in [-0.2, 0) is 16.1 Å². The molecule has 2 atom stereocenters. The molecule has 9 nitrogen and oxygen atoms in total. The van der Waals surface area contributed by atoms with Crippen molar-refractivity contribution < 1.29 is 19.4 Å². The summed E-state index contributed by atoms with van der Waals surface area (Å²) in [5.74, 6) is -0.305. The highest BCUT2D eigenvalue weighted by atomic mass is 16.5. The van der Waals surface area contributed by atoms with Gasteiger partial charge in [-0.1, -0.05) is 43.3 Å². The molecule has 9 heteroatoms. The fraction of sp³-hybridized carbons (Fsp3) is 0.258. The Bertz CT molecular complexity index is 1620. The molecule has 6 rings (SSSR count). The number of hydrogen-bond donors (Lipinski definition) is 4. The average molecular weight is 541 g/mol. The van der Waals surface area contributed by atoms with E-state index in [2.05, 4.69) is 15.6 Å². The number of aryl methyl sites for hydroxylation is 1. The molecule has 206 valence electrons. The summed E-state index contributed by atoms with van der Waals surface area (Å²) in [5, 5.41) is 17.3. The summed E-state index contributed by atoms with van der Waals surface area (Å²) >= 11 is 0. The third-order valence-electron chi connectivity index (χ3n) is 7.18. The van der Waals surface area contributed by atoms with Gasteiger partial charge in [0.05, 0.1) is 13.2 Å². The van der Waals surface area contributed by atoms with Crippen molar-refractivity contribution in [1.82, 2.24) is 9.88 Å². The van der Waals surface area contributed by atoms with Gasteiger partial charge in [-0.2, -0.15) is 0 Å². The van der Waals surface area contributed by atoms with E-state index in [-0.39, 0.29) is 43.7 Å². The first-order valence-electron chi connectivity index (χ1n) is 13.2. The summed E-state index contributed by atoms with van der Waals surface area (Å²) in [4.78, 5) is 43.3. The van der Waals surface area contributed by atoms with Crippen molar-refractivity contribution in [2.24, 2.45) is 0 Å². The van der Waals surface area contributed by atoms with Crippen LogP contribution in [0.3, 0.4) is 0 Å². The molecule has 0 radical (unpaired) electrons. The Balaban J connectivity index is 1.59. The Morgan fingerprint density at radius 2 is 1.90 bits per heavy atom. The second-order valence-electron chi connectivity index (χ2n) is 10.1. The topological polar surface area (TPSA) is 124 Å². The highest BCUT2D eigenvalue weighted by Crippen LogP contribution is 2.29. The van der Waals surface area contributed by atoms with Crippen LogP contribution in [0.4, 0.5) is 16.2 Å². The molecule has 2 aliphatic heterocycles. The van der Waals surface area contributed by atoms with E-state index in [1.165, 1.54) is 0 Å². The van der Waals surface area contributed by atoms with Gasteiger partial charge in [-0.25, -0.2) is 4.79 Å². The summed E-state index contributed by atoms with van der Waals surface area (Å²) in [6, 6.07) is 19.5. The quantitative estimate of drug-likeness (QED) is 0.298. The van der Waals surface area contributed by atoms with Crippen LogP contribution in [0.1, 0.15) is 41.1 Å². The molecule has 0 unspecified atom stereocenters. The maximum Gasteiger partial charge on any atom is 0.411 e. The molecule has 4 aromatic rings. The summed E-state index contributed by atoms with van der Waals surface area (Å²) in [6.07, 6.45) is 1.05. The van der Waals surface area contributed by atoms with Gasteiger partial charge in [-0.3, -0.25) is 14.9 Å². The number of aliphatic hydroxyl groups excluding tert-OH is 1. The Morgan fingerprint density at radius 3 is 2.70 bits per heavy atom. The molecule has 4 bridgehead atoms. The largest absolute Gasteiger partial charge is 0.449 e. The molecule has 0 spiro atoms. The van der Waals surface area contributed by atoms with Crippen molar-refractivity contribution >= 4 is 34.1 Å². The number of rotatable bonds is 4. The van der Waals surface area contributed by atoms with E-state index in [0.29, 0.717) is 16.8 Å². The molecular weight excluding hydrogens is 508 g/mol. The number of carbonyl (C=O) groups is 2. The maximum absolute atomic E-state index is 14.2. The van der Waals surface area contributed by atoms with Crippen LogP contribution >= 0.6 is 0 Å². The summed E-state index contributed by atoms with van der Waals surface area (Å²) in [7, 11) is 0. The van der Waals surface area contributed by atoms with E-state index in [1.54, 1.807) is 35.4 Å². The van der Waals surface area contributed by atoms with Crippen molar-refractivity contribution in [1.29, 1.82) is 0 Å². The summed E-state index contributed by atoms with van der Waals surface area (Å²) in [6.45, 7) is 4.25. The van der Waals surface area contributed by atoms with E-state index in [4.69, 9.17) is 4.74 Å². The molecule has 0 fully saturated rings. The number of amides is 2. The molecule has 0 saturated heterocycles. The van der Waals surface area contributed by atoms with Crippen LogP contribution in [-0.4, -0.2) is 46.7 Å². The molecule has 1 aromatic heterocycles. The number of aromatic nitrogens is 1. The van der Waals surface area contributed by atoms with Crippen molar-refractivity contribution in [2.75, 3.05) is 30.4 Å². The van der Waals surface area contributed by atoms with Gasteiger partial charge in [0.25, 0.3) is 5.56 Å². The fourth-order valence-corrected chi connectivity index (χ4v) is 5.14. The monoisotopic (exact) mass is 540 g/mol. The number of pyridine rings is 1. The first-order valence-corrected chi connectivity index (χ1v) is 13.2. The molecule has 0 saturated carbocycles. The lowest BCUT2D eigenvalue weighted by Gasteiger charge is -2.29. The smallest absolute Gasteiger partial charge is 0.411 e. The van der Waals surface area contributed by atoms with Gasteiger partial charge < -0.3 is 25.0 Å². The molecule has 2 aliphatic rings. The normalized spacial score (nSPS) is 17.9. The fourth-order valence-electron chi connectivity index (χ4n) is 5.14. The molecule has 3 heterocycles. The molecule has 40 heavy (non-hydrogen) atoms. The standard InChI is InChI=1S/C31H32N4O5/c1-19-14-23-7-9-26(19)20(2)18-40-31(39)34-24-5-3-4-21(15-24)17-35(12-13-36)30(38)28(23)33-25-8-6-22-10-11-32-29(37)27(22)16-25/h3-11,14-16,20,28,33,36H,12-13,17-18H2,1-2H3,(H,32,37)(H,34,39)/t20-,28+/m0/s1. The SMILES string of the molecule is Cc1cc2ccc1[C@@H](C)COC(=O)Nc1cccc(c1)CN(CCO)C(=O)[C@@H]2Nc1ccc2cc[nH]c(=O)c2c1. The predicted octanol–water partition coefficient (Wildman–Crippen LogP) is 4.68. The third-order valence-corrected chi connectivity index (χ3v) is 7.18. The Kier molecular flexibility index (Phi) is 7.84. The lowest BCUT2D eigenvalue weighted by molar-refractivity contribution is -0.133. The molecule has 4 N–H and O–H groups in total. The van der Waals surface area contributed by atoms with E-state index < -0.39 is 12.1 Å². The minimum atomic E-state index is -0.790. The molecule has 3 aromatic carbocycles. The van der Waals surface area contributed by atoms with Crippen LogP contribution in [0, 0.1) is 6.92 Å². The lowest BCUT2D eigenvalue weighted by Crippen LogP contribution is -2.39. The number of H-pyrrole nitrogens is 1. The Morgan fingerprint density at radius 1 is 1.05 bits per heavy atom. The summed E-state index contributed by atoms with van der Waals surface area (Å²) in [5.41, 5.74) is 4.43. The number of benzene rings is 3. The van der Waals surface area contributed by atoms with E-state index >= 15 is 0 Å². The number of nitrogens with zero attached hydrogens (tertiary/aromatic N) is 1. The molecule has 0 aliphatic carbocycles. The highest BCUT2D eigenvalue weighted by molar-refractivity contribution is 5.89. The van der Waals surface area contributed by atoms with Crippen LogP contribution < -0.4 is 16.2 Å². The first-order chi connectivity index (χ1) is 19.3. The minimum Gasteiger partial charge on any atom is -0.449 e. The number of anilines is 2. The van der Waals surface area contributed by atoms with Crippen molar-refractivity contribution in [2.45, 2.75) is 32.4 Å². The number of nitrogens with one attached hydrogen (secondary N) is 3. The van der Waals surface area contributed by atoms with E-state index in [1.807, 2.05) is 56.3 Å². The third kappa shape index (κ3) is 5.84. The number of hydrogen-bond acceptors (Lipinski definition) is 6. The van der Waals surface area contributed by atoms with Gasteiger partial charge in [0.2, 0.25) is 5.91 Å². The number of carbonyl (C=O) groups excluding carboxylic acids is 2. The van der Waals surface area contributed by atoms with Gasteiger partial charge >= 0.3 is 6.09 Å². The number of aromatic amines is 1. The minimum absolute atomic E-state index is 0.0701. The zero-order valence-electron chi connectivity index (χ0n) is 22.4. The second kappa shape index (κ2) is 11.6. The van der Waals surface area contributed by atoms with E-state index in [0.717, 1.165) is 27.6 Å². The molecular formula is C31H32N4O5. The molecule has 2 amide bonds. The van der Waals surface area contributed by atoms with Crippen molar-refractivity contribution in [3.8, 4) is 0 Å². The Labute approximate surface area is 231 Å². The highest BCUT2D eigenvalue weighted by Gasteiger charge is 2.27. The van der Waals surface area contributed by atoms with Crippen molar-refractivity contribution in [3.05, 3.63) is 106 Å². The van der Waals surface area contributed by atoms with Crippen molar-refractivity contribution in [3.63, 3.8) is 0 Å². The van der Waals surface area contributed by atoms with Crippen LogP contribution in [0.25, 0.3) is 10.8 Å². The predicted molar refractivity (Wildman–Crippen MR) is 154 cm³/mol. The average Bonchev–Trinajstić information content (AvgIpc) is 2.94. The van der Waals surface area contributed by atoms with Gasteiger partial charge in [0, 0.05) is 42.0 Å². The van der Waals surface area contributed by atoms with Crippen LogP contribution in [0.5, 0.6) is 0 Å².